The average Bonchev–Trinajstić information content (AvgIpc) is 3.11. The molecule has 1 aliphatic rings. The molecule has 0 unspecified atom stereocenters. The molecule has 1 aromatic heterocycles. The first kappa shape index (κ1) is 15.1. The summed E-state index contributed by atoms with van der Waals surface area (Å²) in [4.78, 5) is 29.9. The van der Waals surface area contributed by atoms with Crippen LogP contribution in [0.25, 0.3) is 0 Å². The Hall–Kier alpha value is -2.33. The summed E-state index contributed by atoms with van der Waals surface area (Å²) >= 11 is 1.35. The fraction of sp³-hybridized carbons (Fsp3) is 0.357. The van der Waals surface area contributed by atoms with Crippen LogP contribution in [0.5, 0.6) is 0 Å². The van der Waals surface area contributed by atoms with Crippen molar-refractivity contribution in [3.05, 3.63) is 21.4 Å². The summed E-state index contributed by atoms with van der Waals surface area (Å²) in [7, 11) is 0. The zero-order valence-electron chi connectivity index (χ0n) is 11.6. The van der Waals surface area contributed by atoms with E-state index in [0.29, 0.717) is 11.5 Å². The number of rotatable bonds is 5. The molecule has 0 aliphatic carbocycles. The van der Waals surface area contributed by atoms with Gasteiger partial charge >= 0.3 is 0 Å². The van der Waals surface area contributed by atoms with Gasteiger partial charge in [0.05, 0.1) is 22.8 Å². The fourth-order valence-corrected chi connectivity index (χ4v) is 2.88. The van der Waals surface area contributed by atoms with Crippen molar-refractivity contribution >= 4 is 28.9 Å². The van der Waals surface area contributed by atoms with Crippen LogP contribution >= 0.6 is 11.3 Å². The Kier molecular flexibility index (Phi) is 4.95. The molecule has 2 amide bonds. The third-order valence-corrected chi connectivity index (χ3v) is 4.10. The molecule has 2 N–H and O–H groups in total. The number of terminal acetylenes is 1. The second kappa shape index (κ2) is 6.90. The minimum Gasteiger partial charge on any atom is -0.395 e. The van der Waals surface area contributed by atoms with Gasteiger partial charge in [-0.05, 0) is 18.6 Å². The zero-order valence-corrected chi connectivity index (χ0v) is 12.4. The molecule has 0 aromatic carbocycles. The number of nitrogens with one attached hydrogen (secondary N) is 2. The lowest BCUT2D eigenvalue weighted by atomic mass is 10.2. The highest BCUT2D eigenvalue weighted by Crippen LogP contribution is 2.25. The number of aryl methyl sites for hydroxylation is 1. The quantitative estimate of drug-likeness (QED) is 0.784. The highest BCUT2D eigenvalue weighted by molar-refractivity contribution is 7.16. The molecule has 21 heavy (non-hydrogen) atoms. The van der Waals surface area contributed by atoms with Crippen LogP contribution in [0, 0.1) is 19.3 Å². The lowest BCUT2D eigenvalue weighted by Crippen LogP contribution is -2.36. The molecule has 7 heteroatoms. The van der Waals surface area contributed by atoms with E-state index in [1.165, 1.54) is 11.3 Å². The molecule has 0 saturated heterocycles. The van der Waals surface area contributed by atoms with Crippen LogP contribution in [-0.2, 0) is 9.63 Å². The Morgan fingerprint density at radius 3 is 3.00 bits per heavy atom. The van der Waals surface area contributed by atoms with E-state index in [2.05, 4.69) is 21.7 Å². The van der Waals surface area contributed by atoms with Gasteiger partial charge in [0.25, 0.3) is 5.91 Å². The number of thiophene rings is 1. The van der Waals surface area contributed by atoms with E-state index in [4.69, 9.17) is 11.3 Å². The first-order valence-electron chi connectivity index (χ1n) is 6.40. The summed E-state index contributed by atoms with van der Waals surface area (Å²) in [5.41, 5.74) is 1.71. The van der Waals surface area contributed by atoms with E-state index in [1.807, 2.05) is 13.0 Å². The number of amides is 2. The largest absolute Gasteiger partial charge is 0.395 e. The first-order chi connectivity index (χ1) is 10.1. The van der Waals surface area contributed by atoms with E-state index in [0.717, 1.165) is 22.6 Å². The lowest BCUT2D eigenvalue weighted by Gasteiger charge is -2.04. The Labute approximate surface area is 126 Å². The standard InChI is InChI=1S/C14H15N3O3S/c1-3-5-15-12(18)8-16-14(19)13-9(2)7-11(21-13)10-4-6-20-17-10/h1,7H,4-6,8H2,2H3,(H,15,18)(H,16,19). The van der Waals surface area contributed by atoms with Gasteiger partial charge in [-0.1, -0.05) is 11.1 Å². The second-order valence-electron chi connectivity index (χ2n) is 4.41. The molecule has 1 aliphatic heterocycles. The predicted molar refractivity (Wildman–Crippen MR) is 80.3 cm³/mol. The molecule has 110 valence electrons. The van der Waals surface area contributed by atoms with Gasteiger partial charge in [0.15, 0.2) is 0 Å². The summed E-state index contributed by atoms with van der Waals surface area (Å²) in [5, 5.41) is 8.99. The van der Waals surface area contributed by atoms with Crippen LogP contribution < -0.4 is 10.6 Å². The number of oxime groups is 1. The maximum absolute atomic E-state index is 12.1. The van der Waals surface area contributed by atoms with Crippen molar-refractivity contribution in [1.82, 2.24) is 10.6 Å². The highest BCUT2D eigenvalue weighted by atomic mass is 32.1. The Morgan fingerprint density at radius 1 is 1.52 bits per heavy atom. The van der Waals surface area contributed by atoms with E-state index in [-0.39, 0.29) is 24.9 Å². The van der Waals surface area contributed by atoms with E-state index >= 15 is 0 Å². The van der Waals surface area contributed by atoms with E-state index in [1.54, 1.807) is 0 Å². The molecule has 1 aromatic rings. The normalized spacial score (nSPS) is 13.0. The third kappa shape index (κ3) is 3.83. The van der Waals surface area contributed by atoms with Crippen molar-refractivity contribution in [2.45, 2.75) is 13.3 Å². The van der Waals surface area contributed by atoms with Crippen molar-refractivity contribution in [3.8, 4) is 12.3 Å². The minimum atomic E-state index is -0.315. The van der Waals surface area contributed by atoms with Gasteiger partial charge < -0.3 is 15.5 Å². The Morgan fingerprint density at radius 2 is 2.33 bits per heavy atom. The number of hydrogen-bond acceptors (Lipinski definition) is 5. The molecule has 0 bridgehead atoms. The summed E-state index contributed by atoms with van der Waals surface area (Å²) in [5.74, 6) is 1.70. The number of nitrogens with zero attached hydrogens (tertiary/aromatic N) is 1. The van der Waals surface area contributed by atoms with Gasteiger partial charge in [-0.3, -0.25) is 9.59 Å². The zero-order chi connectivity index (χ0) is 15.2. The average molecular weight is 305 g/mol. The van der Waals surface area contributed by atoms with Gasteiger partial charge in [-0.15, -0.1) is 17.8 Å². The molecule has 6 nitrogen and oxygen atoms in total. The lowest BCUT2D eigenvalue weighted by molar-refractivity contribution is -0.119. The molecule has 0 atom stereocenters. The van der Waals surface area contributed by atoms with Crippen LogP contribution in [-0.4, -0.2) is 37.2 Å². The second-order valence-corrected chi connectivity index (χ2v) is 5.46. The van der Waals surface area contributed by atoms with Gasteiger partial charge in [0, 0.05) is 6.42 Å². The highest BCUT2D eigenvalue weighted by Gasteiger charge is 2.19. The van der Waals surface area contributed by atoms with Crippen LogP contribution in [0.2, 0.25) is 0 Å². The van der Waals surface area contributed by atoms with Crippen molar-refractivity contribution in [2.24, 2.45) is 5.16 Å². The molecule has 0 spiro atoms. The van der Waals surface area contributed by atoms with Gasteiger partial charge in [0.2, 0.25) is 5.91 Å². The van der Waals surface area contributed by atoms with Crippen LogP contribution in [0.4, 0.5) is 0 Å². The Balaban J connectivity index is 1.96. The van der Waals surface area contributed by atoms with Crippen LogP contribution in [0.3, 0.4) is 0 Å². The topological polar surface area (TPSA) is 79.8 Å². The van der Waals surface area contributed by atoms with Gasteiger partial charge in [0.1, 0.15) is 12.3 Å². The molecular weight excluding hydrogens is 290 g/mol. The number of carbonyl (C=O) groups excluding carboxylic acids is 2. The maximum atomic E-state index is 12.1. The van der Waals surface area contributed by atoms with Crippen molar-refractivity contribution in [3.63, 3.8) is 0 Å². The minimum absolute atomic E-state index is 0.1000. The predicted octanol–water partition coefficient (Wildman–Crippen LogP) is 0.660. The fourth-order valence-electron chi connectivity index (χ4n) is 1.78. The first-order valence-corrected chi connectivity index (χ1v) is 7.21. The summed E-state index contributed by atoms with van der Waals surface area (Å²) in [6, 6.07) is 1.91. The SMILES string of the molecule is C#CCNC(=O)CNC(=O)c1sc(C2=NOCC2)cc1C. The summed E-state index contributed by atoms with van der Waals surface area (Å²) in [6.07, 6.45) is 5.78. The van der Waals surface area contributed by atoms with Gasteiger partial charge in [-0.2, -0.15) is 0 Å². The summed E-state index contributed by atoms with van der Waals surface area (Å²) in [6.45, 7) is 2.47. The van der Waals surface area contributed by atoms with E-state index < -0.39 is 0 Å². The van der Waals surface area contributed by atoms with E-state index in [9.17, 15) is 9.59 Å². The molecule has 0 fully saturated rings. The maximum Gasteiger partial charge on any atom is 0.262 e. The van der Waals surface area contributed by atoms with Crippen molar-refractivity contribution in [1.29, 1.82) is 0 Å². The number of hydrogen-bond donors (Lipinski definition) is 2. The molecule has 0 saturated carbocycles. The Bertz CT molecular complexity index is 628. The van der Waals surface area contributed by atoms with Crippen LogP contribution in [0.1, 0.15) is 26.5 Å². The molecule has 2 rings (SSSR count). The molecular formula is C14H15N3O3S. The molecule has 2 heterocycles. The van der Waals surface area contributed by atoms with Crippen LogP contribution in [0.15, 0.2) is 11.2 Å². The monoisotopic (exact) mass is 305 g/mol. The smallest absolute Gasteiger partial charge is 0.262 e. The molecule has 0 radical (unpaired) electrons. The van der Waals surface area contributed by atoms with Crippen molar-refractivity contribution in [2.75, 3.05) is 19.7 Å². The van der Waals surface area contributed by atoms with Gasteiger partial charge in [-0.25, -0.2) is 0 Å². The third-order valence-electron chi connectivity index (χ3n) is 2.81. The van der Waals surface area contributed by atoms with Crippen molar-refractivity contribution < 1.29 is 14.4 Å². The summed E-state index contributed by atoms with van der Waals surface area (Å²) < 4.78 is 0. The number of carbonyl (C=O) groups is 2.